The number of carbonyl (C=O) groups excluding carboxylic acids is 1. The average Bonchev–Trinajstić information content (AvgIpc) is 3.24. The Bertz CT molecular complexity index is 973. The lowest BCUT2D eigenvalue weighted by Gasteiger charge is -2.31. The number of thiazole rings is 1. The van der Waals surface area contributed by atoms with E-state index in [9.17, 15) is 9.18 Å². The minimum Gasteiger partial charge on any atom is -0.356 e. The van der Waals surface area contributed by atoms with Gasteiger partial charge in [0.25, 0.3) is 5.91 Å². The molecule has 1 fully saturated rings. The van der Waals surface area contributed by atoms with Crippen molar-refractivity contribution < 1.29 is 13.7 Å². The number of fused-ring (bicyclic) bond motifs is 1. The van der Waals surface area contributed by atoms with Crippen LogP contribution in [0.5, 0.6) is 0 Å². The van der Waals surface area contributed by atoms with Crippen molar-refractivity contribution in [2.24, 2.45) is 0 Å². The SMILES string of the molecule is CCCc1nc(C)sc1C(=O)N1CCC(c2noc3cc(F)ccc23)CC1. The Hall–Kier alpha value is -2.28. The maximum Gasteiger partial charge on any atom is 0.265 e. The first-order chi connectivity index (χ1) is 13.1. The first-order valence-corrected chi connectivity index (χ1v) is 10.2. The molecule has 0 saturated carbocycles. The van der Waals surface area contributed by atoms with Crippen molar-refractivity contribution in [2.45, 2.75) is 45.4 Å². The van der Waals surface area contributed by atoms with E-state index in [0.717, 1.165) is 52.3 Å². The van der Waals surface area contributed by atoms with E-state index in [2.05, 4.69) is 17.1 Å². The van der Waals surface area contributed by atoms with Crippen LogP contribution in [0.1, 0.15) is 58.2 Å². The predicted molar refractivity (Wildman–Crippen MR) is 103 cm³/mol. The van der Waals surface area contributed by atoms with Crippen LogP contribution in [0.25, 0.3) is 11.0 Å². The van der Waals surface area contributed by atoms with Gasteiger partial charge in [0.05, 0.1) is 16.4 Å². The summed E-state index contributed by atoms with van der Waals surface area (Å²) in [5.74, 6) is -0.0120. The highest BCUT2D eigenvalue weighted by Crippen LogP contribution is 2.33. The molecule has 1 aliphatic heterocycles. The molecule has 1 saturated heterocycles. The van der Waals surface area contributed by atoms with Gasteiger partial charge in [0.2, 0.25) is 0 Å². The van der Waals surface area contributed by atoms with Crippen molar-refractivity contribution in [3.05, 3.63) is 45.3 Å². The van der Waals surface area contributed by atoms with Gasteiger partial charge in [-0.05, 0) is 38.3 Å². The molecule has 142 valence electrons. The molecule has 0 radical (unpaired) electrons. The number of amides is 1. The lowest BCUT2D eigenvalue weighted by Crippen LogP contribution is -2.38. The fourth-order valence-corrected chi connectivity index (χ4v) is 4.70. The van der Waals surface area contributed by atoms with Gasteiger partial charge >= 0.3 is 0 Å². The summed E-state index contributed by atoms with van der Waals surface area (Å²) in [6, 6.07) is 4.53. The second-order valence-electron chi connectivity index (χ2n) is 7.03. The fourth-order valence-electron chi connectivity index (χ4n) is 3.77. The van der Waals surface area contributed by atoms with Crippen molar-refractivity contribution in [2.75, 3.05) is 13.1 Å². The van der Waals surface area contributed by atoms with Gasteiger partial charge in [0.15, 0.2) is 5.58 Å². The number of rotatable bonds is 4. The number of aryl methyl sites for hydroxylation is 2. The monoisotopic (exact) mass is 387 g/mol. The molecule has 5 nitrogen and oxygen atoms in total. The molecular weight excluding hydrogens is 365 g/mol. The third-order valence-electron chi connectivity index (χ3n) is 5.12. The van der Waals surface area contributed by atoms with Crippen molar-refractivity contribution in [1.29, 1.82) is 0 Å². The Morgan fingerprint density at radius 1 is 1.37 bits per heavy atom. The minimum absolute atomic E-state index is 0.0922. The third kappa shape index (κ3) is 3.48. The molecule has 0 aliphatic carbocycles. The first-order valence-electron chi connectivity index (χ1n) is 9.37. The van der Waals surface area contributed by atoms with E-state index in [1.165, 1.54) is 23.5 Å². The summed E-state index contributed by atoms with van der Waals surface area (Å²) in [5, 5.41) is 5.98. The predicted octanol–water partition coefficient (Wildman–Crippen LogP) is 4.70. The summed E-state index contributed by atoms with van der Waals surface area (Å²) in [7, 11) is 0. The quantitative estimate of drug-likeness (QED) is 0.651. The maximum absolute atomic E-state index is 13.3. The lowest BCUT2D eigenvalue weighted by atomic mass is 9.91. The molecule has 3 aromatic rings. The molecule has 27 heavy (non-hydrogen) atoms. The number of likely N-dealkylation sites (tertiary alicyclic amines) is 1. The highest BCUT2D eigenvalue weighted by atomic mass is 32.1. The van der Waals surface area contributed by atoms with Gasteiger partial charge in [0.1, 0.15) is 10.7 Å². The Kier molecular flexibility index (Phi) is 4.95. The number of halogens is 1. The third-order valence-corrected chi connectivity index (χ3v) is 6.12. The zero-order valence-corrected chi connectivity index (χ0v) is 16.3. The smallest absolute Gasteiger partial charge is 0.265 e. The van der Waals surface area contributed by atoms with Gasteiger partial charge < -0.3 is 9.42 Å². The van der Waals surface area contributed by atoms with Crippen molar-refractivity contribution >= 4 is 28.2 Å². The van der Waals surface area contributed by atoms with Crippen LogP contribution in [-0.2, 0) is 6.42 Å². The van der Waals surface area contributed by atoms with E-state index in [1.54, 1.807) is 6.07 Å². The Morgan fingerprint density at radius 3 is 2.89 bits per heavy atom. The van der Waals surface area contributed by atoms with Crippen LogP contribution in [-0.4, -0.2) is 34.0 Å². The summed E-state index contributed by atoms with van der Waals surface area (Å²) in [6.07, 6.45) is 3.46. The number of hydrogen-bond donors (Lipinski definition) is 0. The number of hydrogen-bond acceptors (Lipinski definition) is 5. The second-order valence-corrected chi connectivity index (χ2v) is 8.24. The van der Waals surface area contributed by atoms with E-state index in [4.69, 9.17) is 4.52 Å². The molecule has 3 heterocycles. The van der Waals surface area contributed by atoms with Crippen LogP contribution in [0.4, 0.5) is 4.39 Å². The zero-order valence-electron chi connectivity index (χ0n) is 15.5. The largest absolute Gasteiger partial charge is 0.356 e. The van der Waals surface area contributed by atoms with Crippen LogP contribution in [0.15, 0.2) is 22.7 Å². The maximum atomic E-state index is 13.3. The van der Waals surface area contributed by atoms with Crippen molar-refractivity contribution in [1.82, 2.24) is 15.0 Å². The van der Waals surface area contributed by atoms with Gasteiger partial charge in [0, 0.05) is 30.5 Å². The van der Waals surface area contributed by atoms with E-state index in [-0.39, 0.29) is 17.6 Å². The highest BCUT2D eigenvalue weighted by molar-refractivity contribution is 7.13. The van der Waals surface area contributed by atoms with Crippen LogP contribution in [0.2, 0.25) is 0 Å². The number of aromatic nitrogens is 2. The molecule has 1 amide bonds. The summed E-state index contributed by atoms with van der Waals surface area (Å²) in [5.41, 5.74) is 2.28. The summed E-state index contributed by atoms with van der Waals surface area (Å²) < 4.78 is 18.6. The van der Waals surface area contributed by atoms with Crippen LogP contribution in [0.3, 0.4) is 0 Å². The van der Waals surface area contributed by atoms with Gasteiger partial charge in [-0.1, -0.05) is 18.5 Å². The Labute approximate surface area is 161 Å². The number of benzene rings is 1. The first kappa shape index (κ1) is 18.1. The second kappa shape index (κ2) is 7.38. The van der Waals surface area contributed by atoms with Gasteiger partial charge in [-0.3, -0.25) is 4.79 Å². The molecule has 0 unspecified atom stereocenters. The summed E-state index contributed by atoms with van der Waals surface area (Å²) in [6.45, 7) is 5.41. The normalized spacial score (nSPS) is 15.6. The lowest BCUT2D eigenvalue weighted by molar-refractivity contribution is 0.0715. The molecule has 0 spiro atoms. The molecule has 7 heteroatoms. The molecule has 1 aromatic carbocycles. The topological polar surface area (TPSA) is 59.2 Å². The zero-order chi connectivity index (χ0) is 19.0. The number of nitrogens with zero attached hydrogens (tertiary/aromatic N) is 3. The van der Waals surface area contributed by atoms with Gasteiger partial charge in [-0.25, -0.2) is 9.37 Å². The molecule has 4 rings (SSSR count). The van der Waals surface area contributed by atoms with Gasteiger partial charge in [-0.2, -0.15) is 0 Å². The standard InChI is InChI=1S/C20H22FN3O2S/c1-3-4-16-19(27-12(2)22-16)20(25)24-9-7-13(8-10-24)18-15-6-5-14(21)11-17(15)26-23-18/h5-6,11,13H,3-4,7-10H2,1-2H3. The van der Waals surface area contributed by atoms with E-state index < -0.39 is 0 Å². The Balaban J connectivity index is 1.48. The van der Waals surface area contributed by atoms with Crippen molar-refractivity contribution in [3.8, 4) is 0 Å². The fraction of sp³-hybridized carbons (Fsp3) is 0.450. The van der Waals surface area contributed by atoms with E-state index >= 15 is 0 Å². The van der Waals surface area contributed by atoms with E-state index in [1.807, 2.05) is 11.8 Å². The Morgan fingerprint density at radius 2 is 2.15 bits per heavy atom. The molecule has 0 atom stereocenters. The van der Waals surface area contributed by atoms with E-state index in [0.29, 0.717) is 18.7 Å². The van der Waals surface area contributed by atoms with Crippen molar-refractivity contribution in [3.63, 3.8) is 0 Å². The molecule has 0 N–H and O–H groups in total. The summed E-state index contributed by atoms with van der Waals surface area (Å²) in [4.78, 5) is 20.2. The number of carbonyl (C=O) groups is 1. The van der Waals surface area contributed by atoms with Crippen LogP contribution >= 0.6 is 11.3 Å². The molecule has 1 aliphatic rings. The molecule has 2 aromatic heterocycles. The van der Waals surface area contributed by atoms with Crippen LogP contribution < -0.4 is 0 Å². The number of piperidine rings is 1. The highest BCUT2D eigenvalue weighted by Gasteiger charge is 2.29. The molecule has 0 bridgehead atoms. The minimum atomic E-state index is -0.326. The molecular formula is C20H22FN3O2S. The van der Waals surface area contributed by atoms with Gasteiger partial charge in [-0.15, -0.1) is 11.3 Å². The average molecular weight is 387 g/mol. The van der Waals surface area contributed by atoms with Crippen LogP contribution in [0, 0.1) is 12.7 Å². The summed E-state index contributed by atoms with van der Waals surface area (Å²) >= 11 is 1.49.